The fourth-order valence-corrected chi connectivity index (χ4v) is 10.5. The minimum Gasteiger partial charge on any atom is -0.462 e. The maximum Gasteiger partial charge on any atom is 0.306 e. The Balaban J connectivity index is 4.01. The van der Waals surface area contributed by atoms with Crippen molar-refractivity contribution in [1.29, 1.82) is 0 Å². The second-order valence-corrected chi connectivity index (χ2v) is 24.1. The van der Waals surface area contributed by atoms with Crippen LogP contribution in [-0.2, 0) is 28.6 Å². The van der Waals surface area contributed by atoms with Gasteiger partial charge in [0.2, 0.25) is 0 Å². The largest absolute Gasteiger partial charge is 0.462 e. The molecule has 83 heavy (non-hydrogen) atoms. The lowest BCUT2D eigenvalue weighted by molar-refractivity contribution is -0.167. The van der Waals surface area contributed by atoms with Gasteiger partial charge in [-0.2, -0.15) is 0 Å². The topological polar surface area (TPSA) is 78.9 Å². The van der Waals surface area contributed by atoms with E-state index in [4.69, 9.17) is 14.2 Å². The third-order valence-electron chi connectivity index (χ3n) is 15.9. The van der Waals surface area contributed by atoms with Crippen LogP contribution in [-0.4, -0.2) is 37.2 Å². The molecule has 6 nitrogen and oxygen atoms in total. The molecule has 0 N–H and O–H groups in total. The third kappa shape index (κ3) is 69.3. The van der Waals surface area contributed by atoms with Crippen molar-refractivity contribution in [2.75, 3.05) is 13.2 Å². The van der Waals surface area contributed by atoms with Crippen LogP contribution in [0.3, 0.4) is 0 Å². The van der Waals surface area contributed by atoms with Crippen LogP contribution in [0.1, 0.15) is 367 Å². The molecule has 0 aromatic rings. The number of hydrogen-bond acceptors (Lipinski definition) is 6. The molecule has 0 radical (unpaired) electrons. The molecule has 0 aliphatic heterocycles. The first-order valence-electron chi connectivity index (χ1n) is 36.1. The second kappa shape index (κ2) is 71.1. The Labute approximate surface area is 515 Å². The fraction of sp³-hybridized carbons (Fsp3) is 0.779. The summed E-state index contributed by atoms with van der Waals surface area (Å²) in [4.78, 5) is 38.1. The highest BCUT2D eigenvalue weighted by atomic mass is 16.6. The van der Waals surface area contributed by atoms with Gasteiger partial charge >= 0.3 is 17.9 Å². The van der Waals surface area contributed by atoms with E-state index < -0.39 is 6.10 Å². The van der Waals surface area contributed by atoms with Gasteiger partial charge in [0.05, 0.1) is 0 Å². The quantitative estimate of drug-likeness (QED) is 0.0261. The molecule has 0 bridgehead atoms. The van der Waals surface area contributed by atoms with E-state index in [0.717, 1.165) is 109 Å². The van der Waals surface area contributed by atoms with E-state index in [-0.39, 0.29) is 37.5 Å². The molecule has 1 atom stereocenters. The fourth-order valence-electron chi connectivity index (χ4n) is 10.5. The molecule has 0 aliphatic carbocycles. The Morgan fingerprint density at radius 1 is 0.253 bits per heavy atom. The number of carbonyl (C=O) groups excluding carboxylic acids is 3. The van der Waals surface area contributed by atoms with Gasteiger partial charge < -0.3 is 14.2 Å². The number of allylic oxidation sites excluding steroid dienone is 14. The van der Waals surface area contributed by atoms with E-state index in [1.807, 2.05) is 0 Å². The van der Waals surface area contributed by atoms with Crippen molar-refractivity contribution in [3.8, 4) is 0 Å². The summed E-state index contributed by atoms with van der Waals surface area (Å²) >= 11 is 0. The van der Waals surface area contributed by atoms with Gasteiger partial charge in [-0.3, -0.25) is 14.4 Å². The van der Waals surface area contributed by atoms with E-state index in [1.54, 1.807) is 0 Å². The Morgan fingerprint density at radius 3 is 0.735 bits per heavy atom. The predicted molar refractivity (Wildman–Crippen MR) is 362 cm³/mol. The first-order valence-corrected chi connectivity index (χ1v) is 36.1. The number of esters is 3. The lowest BCUT2D eigenvalue weighted by Crippen LogP contribution is -2.30. The zero-order chi connectivity index (χ0) is 59.9. The number of unbranched alkanes of at least 4 members (excludes halogenated alkanes) is 41. The molecule has 0 aromatic heterocycles. The van der Waals surface area contributed by atoms with Crippen molar-refractivity contribution >= 4 is 17.9 Å². The van der Waals surface area contributed by atoms with Crippen molar-refractivity contribution in [2.24, 2.45) is 0 Å². The average molecular weight is 1160 g/mol. The monoisotopic (exact) mass is 1160 g/mol. The van der Waals surface area contributed by atoms with E-state index in [2.05, 4.69) is 106 Å². The van der Waals surface area contributed by atoms with Crippen molar-refractivity contribution in [3.63, 3.8) is 0 Å². The summed E-state index contributed by atoms with van der Waals surface area (Å²) in [7, 11) is 0. The van der Waals surface area contributed by atoms with Crippen molar-refractivity contribution in [1.82, 2.24) is 0 Å². The minimum atomic E-state index is -0.792. The van der Waals surface area contributed by atoms with Gasteiger partial charge in [-0.25, -0.2) is 0 Å². The van der Waals surface area contributed by atoms with Crippen molar-refractivity contribution < 1.29 is 28.6 Å². The van der Waals surface area contributed by atoms with Gasteiger partial charge in [0, 0.05) is 19.3 Å². The molecule has 6 heteroatoms. The summed E-state index contributed by atoms with van der Waals surface area (Å²) in [6, 6.07) is 0. The van der Waals surface area contributed by atoms with Crippen LogP contribution in [0.4, 0.5) is 0 Å². The van der Waals surface area contributed by atoms with Gasteiger partial charge in [0.1, 0.15) is 13.2 Å². The molecule has 0 saturated heterocycles. The molecule has 1 unspecified atom stereocenters. The van der Waals surface area contributed by atoms with Crippen LogP contribution in [0.25, 0.3) is 0 Å². The van der Waals surface area contributed by atoms with Gasteiger partial charge in [-0.1, -0.05) is 356 Å². The van der Waals surface area contributed by atoms with Crippen LogP contribution in [0.5, 0.6) is 0 Å². The van der Waals surface area contributed by atoms with Gasteiger partial charge in [-0.05, 0) is 77.0 Å². The number of hydrogen-bond donors (Lipinski definition) is 0. The van der Waals surface area contributed by atoms with Crippen molar-refractivity contribution in [3.05, 3.63) is 85.1 Å². The maximum atomic E-state index is 12.9. The Bertz CT molecular complexity index is 1570. The number of rotatable bonds is 66. The summed E-state index contributed by atoms with van der Waals surface area (Å²) in [6.45, 7) is 6.48. The number of ether oxygens (including phenoxy) is 3. The maximum absolute atomic E-state index is 12.9. The van der Waals surface area contributed by atoms with Crippen molar-refractivity contribution in [2.45, 2.75) is 374 Å². The van der Waals surface area contributed by atoms with E-state index >= 15 is 0 Å². The zero-order valence-electron chi connectivity index (χ0n) is 55.2. The van der Waals surface area contributed by atoms with Crippen LogP contribution < -0.4 is 0 Å². The first-order chi connectivity index (χ1) is 41.0. The molecule has 0 rings (SSSR count). The highest BCUT2D eigenvalue weighted by molar-refractivity contribution is 5.71. The molecule has 0 spiro atoms. The standard InChI is InChI=1S/C77H136O6/c1-4-7-10-13-16-18-20-22-24-26-28-30-32-34-35-36-37-38-39-40-41-42-44-45-47-49-51-53-55-57-59-61-64-67-70-76(79)82-73-74(72-81-75(78)69-66-63-15-12-9-6-3)83-77(80)71-68-65-62-60-58-56-54-52-50-48-46-43-33-31-29-27-25-23-21-19-17-14-11-8-5-2/h8,11,17,19,23,25,29,31,43,46,50,52,56,58,74H,4-7,9-10,12-16,18,20-22,24,26-28,30,32-42,44-45,47-49,51,53-55,57,59-73H2,1-3H3/b11-8-,19-17-,25-23-,31-29-,46-43-,52-50-,58-56-. The lowest BCUT2D eigenvalue weighted by atomic mass is 10.0. The van der Waals surface area contributed by atoms with Gasteiger partial charge in [0.15, 0.2) is 6.10 Å². The third-order valence-corrected chi connectivity index (χ3v) is 15.9. The van der Waals surface area contributed by atoms with Crippen LogP contribution >= 0.6 is 0 Å². The summed E-state index contributed by atoms with van der Waals surface area (Å²) in [5.41, 5.74) is 0. The lowest BCUT2D eigenvalue weighted by Gasteiger charge is -2.18. The Morgan fingerprint density at radius 2 is 0.470 bits per heavy atom. The highest BCUT2D eigenvalue weighted by Crippen LogP contribution is 2.18. The predicted octanol–water partition coefficient (Wildman–Crippen LogP) is 25.0. The molecule has 0 aliphatic rings. The summed E-state index contributed by atoms with van der Waals surface area (Å²) in [5.74, 6) is -0.916. The average Bonchev–Trinajstić information content (AvgIpc) is 3.48. The summed E-state index contributed by atoms with van der Waals surface area (Å²) < 4.78 is 16.8. The summed E-state index contributed by atoms with van der Waals surface area (Å²) in [5, 5.41) is 0. The molecular formula is C77H136O6. The van der Waals surface area contributed by atoms with Gasteiger partial charge in [0.25, 0.3) is 0 Å². The molecular weight excluding hydrogens is 1020 g/mol. The minimum absolute atomic E-state index is 0.0872. The molecule has 0 aromatic carbocycles. The summed E-state index contributed by atoms with van der Waals surface area (Å²) in [6.07, 6.45) is 95.4. The molecule has 0 heterocycles. The van der Waals surface area contributed by atoms with Crippen LogP contribution in [0.15, 0.2) is 85.1 Å². The van der Waals surface area contributed by atoms with E-state index in [0.29, 0.717) is 12.8 Å². The molecule has 480 valence electrons. The van der Waals surface area contributed by atoms with Crippen LogP contribution in [0, 0.1) is 0 Å². The zero-order valence-corrected chi connectivity index (χ0v) is 55.2. The van der Waals surface area contributed by atoms with Gasteiger partial charge in [-0.15, -0.1) is 0 Å². The second-order valence-electron chi connectivity index (χ2n) is 24.1. The molecule has 0 amide bonds. The van der Waals surface area contributed by atoms with E-state index in [9.17, 15) is 14.4 Å². The Hall–Kier alpha value is -3.41. The normalized spacial score (nSPS) is 12.6. The number of carbonyl (C=O) groups is 3. The smallest absolute Gasteiger partial charge is 0.306 e. The molecule has 0 saturated carbocycles. The Kier molecular flexibility index (Phi) is 68.2. The SMILES string of the molecule is CC/C=C\C/C=C\C/C=C\C/C=C\C/C=C\C/C=C\C/C=C\CCCCCC(=O)OC(COC(=O)CCCCCCCC)COC(=O)CCCCCCCCCCCCCCCCCCCCCCCCCCCCCCCCCCCC. The molecule has 0 fully saturated rings. The van der Waals surface area contributed by atoms with E-state index in [1.165, 1.54) is 218 Å². The van der Waals surface area contributed by atoms with Crippen LogP contribution in [0.2, 0.25) is 0 Å². The first kappa shape index (κ1) is 79.6. The highest BCUT2D eigenvalue weighted by Gasteiger charge is 2.19.